The molecule has 342 valence electrons. The van der Waals surface area contributed by atoms with E-state index in [1.807, 2.05) is 36.5 Å². The Morgan fingerprint density at radius 1 is 0.525 bits per heavy atom. The van der Waals surface area contributed by atoms with Crippen molar-refractivity contribution in [3.8, 4) is 0 Å². The second-order valence-electron chi connectivity index (χ2n) is 14.8. The van der Waals surface area contributed by atoms with Crippen LogP contribution >= 0.6 is 0 Å². The van der Waals surface area contributed by atoms with Crippen LogP contribution in [0.2, 0.25) is 0 Å². The Balaban J connectivity index is 2.35. The SMILES string of the molecule is CC/C=C/C=C/C=C/C=C/CCCCCC(=O)OC(COC(=O)CCCCCC/C=C/C/C=C/C/C=C/C/C=C/C/C=C/C/C=C/CC)CO[C@H]1O[C@@H](CO)[C@@H](O)C(O)C1O. The largest absolute Gasteiger partial charge is 0.462 e. The number of unbranched alkanes of at least 4 members (excludes halogenated alkanes) is 7. The molecule has 4 N–H and O–H groups in total. The van der Waals surface area contributed by atoms with Crippen molar-refractivity contribution in [2.45, 2.75) is 166 Å². The van der Waals surface area contributed by atoms with Crippen molar-refractivity contribution in [3.63, 3.8) is 0 Å². The molecule has 6 atom stereocenters. The molecule has 0 radical (unpaired) electrons. The minimum absolute atomic E-state index is 0.169. The van der Waals surface area contributed by atoms with Crippen LogP contribution in [0.15, 0.2) is 122 Å². The Morgan fingerprint density at radius 3 is 1.57 bits per heavy atom. The van der Waals surface area contributed by atoms with E-state index in [0.29, 0.717) is 12.8 Å². The number of esters is 2. The molecule has 3 unspecified atom stereocenters. The Bertz CT molecular complexity index is 1400. The first kappa shape index (κ1) is 55.1. The molecule has 10 nitrogen and oxygen atoms in total. The maximum absolute atomic E-state index is 12.7. The van der Waals surface area contributed by atoms with Gasteiger partial charge in [-0.25, -0.2) is 0 Å². The summed E-state index contributed by atoms with van der Waals surface area (Å²) in [5.74, 6) is -0.897. The number of rotatable bonds is 35. The Hall–Kier alpha value is -3.90. The number of hydrogen-bond acceptors (Lipinski definition) is 10. The highest BCUT2D eigenvalue weighted by molar-refractivity contribution is 5.70. The highest BCUT2D eigenvalue weighted by Gasteiger charge is 2.44. The molecular formula is C51H78O10. The minimum Gasteiger partial charge on any atom is -0.462 e. The summed E-state index contributed by atoms with van der Waals surface area (Å²) >= 11 is 0. The van der Waals surface area contributed by atoms with E-state index in [9.17, 15) is 30.0 Å². The molecule has 61 heavy (non-hydrogen) atoms. The summed E-state index contributed by atoms with van der Waals surface area (Å²) in [7, 11) is 0. The molecule has 1 heterocycles. The van der Waals surface area contributed by atoms with Gasteiger partial charge in [0.1, 0.15) is 31.0 Å². The van der Waals surface area contributed by atoms with Gasteiger partial charge >= 0.3 is 11.9 Å². The maximum Gasteiger partial charge on any atom is 0.306 e. The average molecular weight is 851 g/mol. The zero-order valence-corrected chi connectivity index (χ0v) is 37.1. The van der Waals surface area contributed by atoms with Gasteiger partial charge in [-0.2, -0.15) is 0 Å². The number of hydrogen-bond donors (Lipinski definition) is 4. The molecule has 1 aliphatic heterocycles. The summed E-state index contributed by atoms with van der Waals surface area (Å²) in [4.78, 5) is 25.3. The molecule has 0 aliphatic carbocycles. The molecule has 0 bridgehead atoms. The van der Waals surface area contributed by atoms with E-state index in [1.165, 1.54) is 0 Å². The van der Waals surface area contributed by atoms with Crippen molar-refractivity contribution in [1.82, 2.24) is 0 Å². The van der Waals surface area contributed by atoms with E-state index in [0.717, 1.165) is 89.9 Å². The lowest BCUT2D eigenvalue weighted by atomic mass is 9.99. The summed E-state index contributed by atoms with van der Waals surface area (Å²) in [6, 6.07) is 0. The van der Waals surface area contributed by atoms with Crippen LogP contribution in [-0.2, 0) is 28.5 Å². The lowest BCUT2D eigenvalue weighted by molar-refractivity contribution is -0.305. The molecule has 1 fully saturated rings. The molecule has 0 aromatic carbocycles. The smallest absolute Gasteiger partial charge is 0.306 e. The van der Waals surface area contributed by atoms with E-state index in [1.54, 1.807) is 0 Å². The van der Waals surface area contributed by atoms with Crippen LogP contribution in [0.1, 0.15) is 129 Å². The number of carbonyl (C=O) groups is 2. The van der Waals surface area contributed by atoms with Crippen molar-refractivity contribution in [1.29, 1.82) is 0 Å². The molecule has 0 saturated carbocycles. The molecule has 0 amide bonds. The van der Waals surface area contributed by atoms with Crippen LogP contribution in [0, 0.1) is 0 Å². The molecule has 1 saturated heterocycles. The quantitative estimate of drug-likeness (QED) is 0.0210. The van der Waals surface area contributed by atoms with Crippen molar-refractivity contribution < 1.29 is 49.0 Å². The second kappa shape index (κ2) is 40.2. The fourth-order valence-corrected chi connectivity index (χ4v) is 5.91. The zero-order valence-electron chi connectivity index (χ0n) is 37.1. The molecular weight excluding hydrogens is 773 g/mol. The van der Waals surface area contributed by atoms with Crippen LogP contribution < -0.4 is 0 Å². The second-order valence-corrected chi connectivity index (χ2v) is 14.8. The van der Waals surface area contributed by atoms with Gasteiger partial charge in [0.25, 0.3) is 0 Å². The predicted octanol–water partition coefficient (Wildman–Crippen LogP) is 9.88. The summed E-state index contributed by atoms with van der Waals surface area (Å²) < 4.78 is 22.1. The standard InChI is InChI=1S/C51H78O10/c1-3-5-7-9-11-13-15-17-18-19-20-21-22-23-24-25-26-28-29-31-33-35-37-39-46(53)58-42-44(43-59-51-50(57)49(56)48(55)45(41-52)61-51)60-47(54)40-38-36-34-32-30-27-16-14-12-10-8-6-4-2/h5-8,10-14,16-18,20-21,23-24,26-28,30,44-45,48-52,55-57H,3-4,9,15,19,22,25,29,31-43H2,1-2H3/b7-5+,8-6+,12-10+,13-11+,16-14+,18-17+,21-20+,24-23+,28-26+,30-27+/t44?,45-,48+,49?,50?,51-/m0/s1. The molecule has 1 aliphatic rings. The fourth-order valence-electron chi connectivity index (χ4n) is 5.91. The molecule has 0 aromatic rings. The van der Waals surface area contributed by atoms with E-state index < -0.39 is 55.4 Å². The normalized spacial score (nSPS) is 20.9. The average Bonchev–Trinajstić information content (AvgIpc) is 3.26. The number of carbonyl (C=O) groups excluding carboxylic acids is 2. The monoisotopic (exact) mass is 851 g/mol. The third-order valence-corrected chi connectivity index (χ3v) is 9.44. The van der Waals surface area contributed by atoms with E-state index >= 15 is 0 Å². The third kappa shape index (κ3) is 31.6. The van der Waals surface area contributed by atoms with Gasteiger partial charge in [0.05, 0.1) is 13.2 Å². The van der Waals surface area contributed by atoms with Crippen molar-refractivity contribution >= 4 is 11.9 Å². The molecule has 0 spiro atoms. The fraction of sp³-hybridized carbons (Fsp3) is 0.569. The van der Waals surface area contributed by atoms with E-state index in [4.69, 9.17) is 18.9 Å². The van der Waals surface area contributed by atoms with Gasteiger partial charge in [0.2, 0.25) is 0 Å². The Kier molecular flexibility index (Phi) is 36.3. The first-order chi connectivity index (χ1) is 29.8. The van der Waals surface area contributed by atoms with Crippen LogP contribution in [0.4, 0.5) is 0 Å². The van der Waals surface area contributed by atoms with Gasteiger partial charge in [-0.05, 0) is 83.5 Å². The number of ether oxygens (including phenoxy) is 4. The molecule has 10 heteroatoms. The van der Waals surface area contributed by atoms with E-state index in [2.05, 4.69) is 98.9 Å². The Labute approximate surface area is 367 Å². The molecule has 0 aromatic heterocycles. The van der Waals surface area contributed by atoms with Gasteiger partial charge in [-0.15, -0.1) is 0 Å². The van der Waals surface area contributed by atoms with Crippen molar-refractivity contribution in [2.24, 2.45) is 0 Å². The number of aliphatic hydroxyl groups excluding tert-OH is 4. The summed E-state index contributed by atoms with van der Waals surface area (Å²) in [6.07, 6.45) is 49.2. The third-order valence-electron chi connectivity index (χ3n) is 9.44. The summed E-state index contributed by atoms with van der Waals surface area (Å²) in [6.45, 7) is 3.07. The van der Waals surface area contributed by atoms with E-state index in [-0.39, 0.29) is 26.1 Å². The molecule has 1 rings (SSSR count). The predicted molar refractivity (Wildman–Crippen MR) is 246 cm³/mol. The van der Waals surface area contributed by atoms with Crippen LogP contribution in [0.25, 0.3) is 0 Å². The maximum atomic E-state index is 12.7. The van der Waals surface area contributed by atoms with Gasteiger partial charge in [-0.1, -0.05) is 155 Å². The van der Waals surface area contributed by atoms with Crippen molar-refractivity contribution in [2.75, 3.05) is 19.8 Å². The van der Waals surface area contributed by atoms with Crippen LogP contribution in [-0.4, -0.2) is 89.0 Å². The topological polar surface area (TPSA) is 152 Å². The number of aliphatic hydroxyl groups is 4. The number of allylic oxidation sites excluding steroid dienone is 20. The van der Waals surface area contributed by atoms with Gasteiger partial charge in [0.15, 0.2) is 12.4 Å². The Morgan fingerprint density at radius 2 is 1.00 bits per heavy atom. The lowest BCUT2D eigenvalue weighted by Gasteiger charge is -2.39. The van der Waals surface area contributed by atoms with Crippen LogP contribution in [0.5, 0.6) is 0 Å². The zero-order chi connectivity index (χ0) is 44.4. The van der Waals surface area contributed by atoms with Gasteiger partial charge in [-0.3, -0.25) is 9.59 Å². The minimum atomic E-state index is -1.61. The lowest BCUT2D eigenvalue weighted by Crippen LogP contribution is -2.59. The summed E-state index contributed by atoms with van der Waals surface area (Å²) in [5.41, 5.74) is 0. The highest BCUT2D eigenvalue weighted by atomic mass is 16.7. The van der Waals surface area contributed by atoms with Crippen LogP contribution in [0.3, 0.4) is 0 Å². The highest BCUT2D eigenvalue weighted by Crippen LogP contribution is 2.22. The first-order valence-corrected chi connectivity index (χ1v) is 22.7. The van der Waals surface area contributed by atoms with Crippen molar-refractivity contribution in [3.05, 3.63) is 122 Å². The van der Waals surface area contributed by atoms with Gasteiger partial charge < -0.3 is 39.4 Å². The summed E-state index contributed by atoms with van der Waals surface area (Å²) in [5, 5.41) is 40.1. The van der Waals surface area contributed by atoms with Gasteiger partial charge in [0, 0.05) is 12.8 Å². The first-order valence-electron chi connectivity index (χ1n) is 22.7.